The van der Waals surface area contributed by atoms with Gasteiger partial charge in [0.05, 0.1) is 15.5 Å². The molecule has 8 heteroatoms. The highest BCUT2D eigenvalue weighted by Gasteiger charge is 2.16. The zero-order chi connectivity index (χ0) is 14.0. The van der Waals surface area contributed by atoms with Crippen LogP contribution in [0.15, 0.2) is 30.3 Å². The summed E-state index contributed by atoms with van der Waals surface area (Å²) in [6, 6.07) is 5.76. The summed E-state index contributed by atoms with van der Waals surface area (Å²) in [5.41, 5.74) is -0.112. The molecule has 1 amide bonds. The fourth-order valence-electron chi connectivity index (χ4n) is 1.34. The summed E-state index contributed by atoms with van der Waals surface area (Å²) in [5, 5.41) is 21.6. The van der Waals surface area contributed by atoms with Crippen molar-refractivity contribution < 1.29 is 19.2 Å². The Bertz CT molecular complexity index is 656. The maximum absolute atomic E-state index is 13.4. The molecule has 0 radical (unpaired) electrons. The van der Waals surface area contributed by atoms with E-state index in [-0.39, 0.29) is 21.3 Å². The first-order valence-electron chi connectivity index (χ1n) is 5.01. The number of phenolic OH excluding ortho intramolecular Hbond substituents is 1. The molecule has 1 aromatic carbocycles. The average molecular weight is 282 g/mol. The van der Waals surface area contributed by atoms with E-state index in [0.717, 1.165) is 6.07 Å². The Labute approximate surface area is 110 Å². The van der Waals surface area contributed by atoms with Crippen LogP contribution >= 0.6 is 11.3 Å². The third-order valence-corrected chi connectivity index (χ3v) is 3.23. The highest BCUT2D eigenvalue weighted by molar-refractivity contribution is 7.17. The lowest BCUT2D eigenvalue weighted by atomic mass is 10.3. The van der Waals surface area contributed by atoms with Gasteiger partial charge in [0, 0.05) is 12.1 Å². The van der Waals surface area contributed by atoms with Crippen molar-refractivity contribution in [3.8, 4) is 5.75 Å². The van der Waals surface area contributed by atoms with Crippen LogP contribution in [0.25, 0.3) is 0 Å². The number of rotatable bonds is 3. The zero-order valence-corrected chi connectivity index (χ0v) is 10.1. The van der Waals surface area contributed by atoms with E-state index in [2.05, 4.69) is 5.32 Å². The first-order chi connectivity index (χ1) is 8.97. The second-order valence-corrected chi connectivity index (χ2v) is 4.58. The number of halogens is 1. The highest BCUT2D eigenvalue weighted by atomic mass is 32.1. The van der Waals surface area contributed by atoms with Crippen molar-refractivity contribution in [2.45, 2.75) is 0 Å². The van der Waals surface area contributed by atoms with Gasteiger partial charge in [0.2, 0.25) is 0 Å². The van der Waals surface area contributed by atoms with Crippen molar-refractivity contribution >= 4 is 27.9 Å². The van der Waals surface area contributed by atoms with Gasteiger partial charge in [0.15, 0.2) is 0 Å². The minimum atomic E-state index is -0.792. The summed E-state index contributed by atoms with van der Waals surface area (Å²) >= 11 is 0.694. The second-order valence-electron chi connectivity index (χ2n) is 3.51. The molecule has 98 valence electrons. The molecule has 0 saturated heterocycles. The lowest BCUT2D eigenvalue weighted by Gasteiger charge is -2.04. The smallest absolute Gasteiger partial charge is 0.324 e. The van der Waals surface area contributed by atoms with Gasteiger partial charge in [-0.05, 0) is 18.2 Å². The molecule has 0 fully saturated rings. The van der Waals surface area contributed by atoms with E-state index in [0.29, 0.717) is 11.3 Å². The largest absolute Gasteiger partial charge is 0.508 e. The number of amides is 1. The number of nitrogens with one attached hydrogen (secondary N) is 1. The summed E-state index contributed by atoms with van der Waals surface area (Å²) in [6.45, 7) is 0. The van der Waals surface area contributed by atoms with Crippen LogP contribution in [0, 0.1) is 15.9 Å². The minimum Gasteiger partial charge on any atom is -0.508 e. The van der Waals surface area contributed by atoms with Crippen LogP contribution in [0.5, 0.6) is 5.75 Å². The van der Waals surface area contributed by atoms with Gasteiger partial charge in [0.25, 0.3) is 5.91 Å². The van der Waals surface area contributed by atoms with Crippen molar-refractivity contribution in [1.82, 2.24) is 0 Å². The van der Waals surface area contributed by atoms with Gasteiger partial charge in [-0.3, -0.25) is 14.9 Å². The number of hydrogen-bond acceptors (Lipinski definition) is 5. The van der Waals surface area contributed by atoms with Crippen LogP contribution in [0.3, 0.4) is 0 Å². The van der Waals surface area contributed by atoms with Crippen LogP contribution in [0.2, 0.25) is 0 Å². The average Bonchev–Trinajstić information content (AvgIpc) is 2.82. The molecule has 0 aliphatic carbocycles. The predicted molar refractivity (Wildman–Crippen MR) is 67.0 cm³/mol. The molecular weight excluding hydrogens is 275 g/mol. The molecule has 19 heavy (non-hydrogen) atoms. The Balaban J connectivity index is 2.18. The molecule has 0 unspecified atom stereocenters. The second kappa shape index (κ2) is 5.02. The maximum atomic E-state index is 13.4. The SMILES string of the molecule is O=C(Nc1ccc(O)cc1F)c1ccc([N+](=O)[O-])s1. The number of benzene rings is 1. The first-order valence-corrected chi connectivity index (χ1v) is 5.83. The van der Waals surface area contributed by atoms with Crippen molar-refractivity contribution in [2.75, 3.05) is 5.32 Å². The van der Waals surface area contributed by atoms with Crippen LogP contribution in [-0.4, -0.2) is 15.9 Å². The van der Waals surface area contributed by atoms with E-state index in [4.69, 9.17) is 5.11 Å². The third kappa shape index (κ3) is 2.86. The number of nitrogens with zero attached hydrogens (tertiary/aromatic N) is 1. The van der Waals surface area contributed by atoms with Gasteiger partial charge >= 0.3 is 5.00 Å². The van der Waals surface area contributed by atoms with E-state index >= 15 is 0 Å². The van der Waals surface area contributed by atoms with Crippen molar-refractivity contribution in [3.63, 3.8) is 0 Å². The quantitative estimate of drug-likeness (QED) is 0.514. The van der Waals surface area contributed by atoms with Gasteiger partial charge in [0.1, 0.15) is 11.6 Å². The summed E-state index contributed by atoms with van der Waals surface area (Å²) in [5.74, 6) is -1.70. The molecule has 0 atom stereocenters. The van der Waals surface area contributed by atoms with Crippen LogP contribution in [0.4, 0.5) is 15.1 Å². The van der Waals surface area contributed by atoms with E-state index in [1.54, 1.807) is 0 Å². The Morgan fingerprint density at radius 3 is 2.68 bits per heavy atom. The third-order valence-electron chi connectivity index (χ3n) is 2.20. The fraction of sp³-hybridized carbons (Fsp3) is 0. The van der Waals surface area contributed by atoms with Gasteiger partial charge in [-0.15, -0.1) is 0 Å². The highest BCUT2D eigenvalue weighted by Crippen LogP contribution is 2.25. The first kappa shape index (κ1) is 13.0. The molecule has 1 heterocycles. The van der Waals surface area contributed by atoms with E-state index in [1.165, 1.54) is 24.3 Å². The van der Waals surface area contributed by atoms with Gasteiger partial charge in [-0.1, -0.05) is 11.3 Å². The Hall–Kier alpha value is -2.48. The molecular formula is C11H7FN2O4S. The standard InChI is InChI=1S/C11H7FN2O4S/c12-7-5-6(15)1-2-8(7)13-11(16)9-3-4-10(19-9)14(17)18/h1-5,15H,(H,13,16). The number of carbonyl (C=O) groups excluding carboxylic acids is 1. The number of nitro groups is 1. The molecule has 0 aliphatic heterocycles. The molecule has 0 aliphatic rings. The van der Waals surface area contributed by atoms with Crippen LogP contribution in [0.1, 0.15) is 9.67 Å². The molecule has 0 bridgehead atoms. The molecule has 6 nitrogen and oxygen atoms in total. The van der Waals surface area contributed by atoms with Crippen LogP contribution < -0.4 is 5.32 Å². The molecule has 1 aromatic heterocycles. The summed E-state index contributed by atoms with van der Waals surface area (Å²) in [7, 11) is 0. The molecule has 2 aromatic rings. The molecule has 2 rings (SSSR count). The fourth-order valence-corrected chi connectivity index (χ4v) is 2.05. The van der Waals surface area contributed by atoms with Crippen molar-refractivity contribution in [3.05, 3.63) is 51.1 Å². The topological polar surface area (TPSA) is 92.5 Å². The van der Waals surface area contributed by atoms with Crippen molar-refractivity contribution in [1.29, 1.82) is 0 Å². The number of hydrogen-bond donors (Lipinski definition) is 2. The molecule has 0 spiro atoms. The number of thiophene rings is 1. The van der Waals surface area contributed by atoms with Gasteiger partial charge in [-0.2, -0.15) is 0 Å². The van der Waals surface area contributed by atoms with Gasteiger partial charge in [-0.25, -0.2) is 4.39 Å². The Morgan fingerprint density at radius 2 is 2.11 bits per heavy atom. The van der Waals surface area contributed by atoms with Crippen molar-refractivity contribution in [2.24, 2.45) is 0 Å². The predicted octanol–water partition coefficient (Wildman–Crippen LogP) is 2.75. The summed E-state index contributed by atoms with van der Waals surface area (Å²) < 4.78 is 13.4. The molecule has 0 saturated carbocycles. The lowest BCUT2D eigenvalue weighted by molar-refractivity contribution is -0.380. The lowest BCUT2D eigenvalue weighted by Crippen LogP contribution is -2.11. The zero-order valence-electron chi connectivity index (χ0n) is 9.29. The minimum absolute atomic E-state index is 0.0965. The van der Waals surface area contributed by atoms with Gasteiger partial charge < -0.3 is 10.4 Å². The van der Waals surface area contributed by atoms with E-state index < -0.39 is 16.6 Å². The number of carbonyl (C=O) groups is 1. The summed E-state index contributed by atoms with van der Waals surface area (Å²) in [6.07, 6.45) is 0. The Morgan fingerprint density at radius 1 is 1.37 bits per heavy atom. The number of anilines is 1. The molecule has 2 N–H and O–H groups in total. The monoisotopic (exact) mass is 282 g/mol. The van der Waals surface area contributed by atoms with E-state index in [9.17, 15) is 19.3 Å². The van der Waals surface area contributed by atoms with Crippen LogP contribution in [-0.2, 0) is 0 Å². The van der Waals surface area contributed by atoms with E-state index in [1.807, 2.05) is 0 Å². The summed E-state index contributed by atoms with van der Waals surface area (Å²) in [4.78, 5) is 21.7. The number of aromatic hydroxyl groups is 1. The number of phenols is 1. The maximum Gasteiger partial charge on any atom is 0.324 e. The normalized spacial score (nSPS) is 10.2. The Kier molecular flexibility index (Phi) is 3.43.